The molecule has 2 aromatic rings. The molecule has 0 aliphatic rings. The second-order valence-electron chi connectivity index (χ2n) is 7.43. The number of methoxy groups -OCH3 is 1. The van der Waals surface area contributed by atoms with E-state index < -0.39 is 29.5 Å². The average Bonchev–Trinajstić information content (AvgIpc) is 2.64. The van der Waals surface area contributed by atoms with Crippen LogP contribution in [0, 0.1) is 5.92 Å². The molecule has 0 amide bonds. The molecule has 2 unspecified atom stereocenters. The zero-order chi connectivity index (χ0) is 20.0. The van der Waals surface area contributed by atoms with Gasteiger partial charge >= 0.3 is 11.9 Å². The fourth-order valence-corrected chi connectivity index (χ4v) is 2.76. The van der Waals surface area contributed by atoms with Crippen molar-refractivity contribution >= 4 is 11.9 Å². The first-order valence-electron chi connectivity index (χ1n) is 8.92. The molecule has 0 saturated carbocycles. The number of rotatable bonds is 6. The van der Waals surface area contributed by atoms with Crippen LogP contribution in [-0.2, 0) is 19.1 Å². The van der Waals surface area contributed by atoms with Crippen LogP contribution in [0.25, 0.3) is 11.1 Å². The maximum Gasteiger partial charge on any atom is 0.311 e. The SMILES string of the molecule is COC(=O)CC(C(=O)OC(C)(C)C)C(N)c1ccc(-c2ccccc2)cc1. The lowest BCUT2D eigenvalue weighted by Crippen LogP contribution is -2.36. The molecule has 0 fully saturated rings. The summed E-state index contributed by atoms with van der Waals surface area (Å²) in [6.45, 7) is 5.33. The highest BCUT2D eigenvalue weighted by atomic mass is 16.6. The predicted octanol–water partition coefficient (Wildman–Crippen LogP) is 3.87. The summed E-state index contributed by atoms with van der Waals surface area (Å²) in [5.41, 5.74) is 8.58. The predicted molar refractivity (Wildman–Crippen MR) is 105 cm³/mol. The van der Waals surface area contributed by atoms with Crippen molar-refractivity contribution in [2.45, 2.75) is 38.8 Å². The summed E-state index contributed by atoms with van der Waals surface area (Å²) < 4.78 is 10.2. The standard InChI is InChI=1S/C22H27NO4/c1-22(2,3)27-21(25)18(14-19(24)26-4)20(23)17-12-10-16(11-13-17)15-8-6-5-7-9-15/h5-13,18,20H,14,23H2,1-4H3. The highest BCUT2D eigenvalue weighted by Gasteiger charge is 2.33. The van der Waals surface area contributed by atoms with Gasteiger partial charge in [-0.2, -0.15) is 0 Å². The third kappa shape index (κ3) is 5.93. The molecule has 144 valence electrons. The van der Waals surface area contributed by atoms with Crippen molar-refractivity contribution < 1.29 is 19.1 Å². The van der Waals surface area contributed by atoms with Gasteiger partial charge in [0.1, 0.15) is 5.60 Å². The summed E-state index contributed by atoms with van der Waals surface area (Å²) in [6, 6.07) is 16.9. The molecule has 2 aromatic carbocycles. The van der Waals surface area contributed by atoms with Crippen LogP contribution in [0.2, 0.25) is 0 Å². The maximum atomic E-state index is 12.6. The van der Waals surface area contributed by atoms with Crippen LogP contribution in [0.15, 0.2) is 54.6 Å². The number of ether oxygens (including phenoxy) is 2. The molecule has 2 N–H and O–H groups in total. The van der Waals surface area contributed by atoms with E-state index in [9.17, 15) is 9.59 Å². The number of nitrogens with two attached hydrogens (primary N) is 1. The Bertz CT molecular complexity index is 763. The number of benzene rings is 2. The van der Waals surface area contributed by atoms with Gasteiger partial charge < -0.3 is 15.2 Å². The summed E-state index contributed by atoms with van der Waals surface area (Å²) in [7, 11) is 1.29. The Kier molecular flexibility index (Phi) is 6.75. The van der Waals surface area contributed by atoms with Crippen molar-refractivity contribution in [1.82, 2.24) is 0 Å². The molecule has 5 nitrogen and oxygen atoms in total. The lowest BCUT2D eigenvalue weighted by molar-refractivity contribution is -0.164. The normalized spacial score (nSPS) is 13.5. The lowest BCUT2D eigenvalue weighted by Gasteiger charge is -2.27. The van der Waals surface area contributed by atoms with Gasteiger partial charge in [0.05, 0.1) is 19.4 Å². The van der Waals surface area contributed by atoms with E-state index in [0.29, 0.717) is 0 Å². The molecule has 27 heavy (non-hydrogen) atoms. The van der Waals surface area contributed by atoms with Gasteiger partial charge in [-0.15, -0.1) is 0 Å². The van der Waals surface area contributed by atoms with Crippen molar-refractivity contribution in [1.29, 1.82) is 0 Å². The number of esters is 2. The van der Waals surface area contributed by atoms with Gasteiger partial charge in [0.2, 0.25) is 0 Å². The smallest absolute Gasteiger partial charge is 0.311 e. The van der Waals surface area contributed by atoms with E-state index >= 15 is 0 Å². The minimum Gasteiger partial charge on any atom is -0.469 e. The first kappa shape index (κ1) is 20.6. The van der Waals surface area contributed by atoms with Crippen LogP contribution >= 0.6 is 0 Å². The Labute approximate surface area is 160 Å². The minimum atomic E-state index is -0.820. The zero-order valence-corrected chi connectivity index (χ0v) is 16.3. The first-order chi connectivity index (χ1) is 12.7. The molecular formula is C22H27NO4. The number of carbonyl (C=O) groups excluding carboxylic acids is 2. The highest BCUT2D eigenvalue weighted by molar-refractivity contribution is 5.81. The molecule has 0 spiro atoms. The summed E-state index contributed by atoms with van der Waals surface area (Å²) in [5.74, 6) is -1.82. The molecule has 0 aliphatic heterocycles. The topological polar surface area (TPSA) is 78.6 Å². The van der Waals surface area contributed by atoms with Crippen molar-refractivity contribution in [3.8, 4) is 11.1 Å². The molecule has 2 atom stereocenters. The van der Waals surface area contributed by atoms with Gasteiger partial charge in [-0.3, -0.25) is 9.59 Å². The van der Waals surface area contributed by atoms with E-state index in [1.165, 1.54) is 7.11 Å². The molecule has 0 radical (unpaired) electrons. The molecule has 0 aromatic heterocycles. The number of hydrogen-bond donors (Lipinski definition) is 1. The van der Waals surface area contributed by atoms with Crippen molar-refractivity contribution in [2.75, 3.05) is 7.11 Å². The summed E-state index contributed by atoms with van der Waals surface area (Å²) in [6.07, 6.45) is -0.132. The minimum absolute atomic E-state index is 0.132. The van der Waals surface area contributed by atoms with Crippen LogP contribution in [0.1, 0.15) is 38.8 Å². The third-order valence-electron chi connectivity index (χ3n) is 4.16. The molecule has 0 bridgehead atoms. The lowest BCUT2D eigenvalue weighted by atomic mass is 9.90. The van der Waals surface area contributed by atoms with Crippen LogP contribution in [0.3, 0.4) is 0 Å². The second kappa shape index (κ2) is 8.82. The van der Waals surface area contributed by atoms with Gasteiger partial charge in [-0.1, -0.05) is 54.6 Å². The van der Waals surface area contributed by atoms with Gasteiger partial charge in [-0.05, 0) is 37.5 Å². The Balaban J connectivity index is 2.24. The monoisotopic (exact) mass is 369 g/mol. The zero-order valence-electron chi connectivity index (χ0n) is 16.3. The highest BCUT2D eigenvalue weighted by Crippen LogP contribution is 2.28. The second-order valence-corrected chi connectivity index (χ2v) is 7.43. The van der Waals surface area contributed by atoms with E-state index in [-0.39, 0.29) is 6.42 Å². The molecular weight excluding hydrogens is 342 g/mol. The van der Waals surface area contributed by atoms with E-state index in [1.54, 1.807) is 20.8 Å². The summed E-state index contributed by atoms with van der Waals surface area (Å²) in [4.78, 5) is 24.4. The van der Waals surface area contributed by atoms with Gasteiger partial charge in [-0.25, -0.2) is 0 Å². The van der Waals surface area contributed by atoms with Crippen molar-refractivity contribution in [3.05, 3.63) is 60.2 Å². The van der Waals surface area contributed by atoms with Crippen molar-refractivity contribution in [2.24, 2.45) is 11.7 Å². The van der Waals surface area contributed by atoms with Gasteiger partial charge in [0.15, 0.2) is 0 Å². The number of carbonyl (C=O) groups is 2. The Hall–Kier alpha value is -2.66. The summed E-state index contributed by atoms with van der Waals surface area (Å²) >= 11 is 0. The molecule has 0 saturated heterocycles. The van der Waals surface area contributed by atoms with E-state index in [4.69, 9.17) is 15.2 Å². The average molecular weight is 369 g/mol. The Morgan fingerprint density at radius 2 is 1.52 bits per heavy atom. The van der Waals surface area contributed by atoms with Crippen LogP contribution in [-0.4, -0.2) is 24.6 Å². The largest absolute Gasteiger partial charge is 0.469 e. The van der Waals surface area contributed by atoms with Crippen molar-refractivity contribution in [3.63, 3.8) is 0 Å². The van der Waals surface area contributed by atoms with Crippen LogP contribution in [0.5, 0.6) is 0 Å². The molecule has 0 aliphatic carbocycles. The number of hydrogen-bond acceptors (Lipinski definition) is 5. The van der Waals surface area contributed by atoms with Gasteiger partial charge in [0.25, 0.3) is 0 Å². The fraction of sp³-hybridized carbons (Fsp3) is 0.364. The van der Waals surface area contributed by atoms with Crippen LogP contribution < -0.4 is 5.73 Å². The Morgan fingerprint density at radius 1 is 0.963 bits per heavy atom. The quantitative estimate of drug-likeness (QED) is 0.782. The molecule has 2 rings (SSSR count). The Morgan fingerprint density at radius 3 is 2.04 bits per heavy atom. The van der Waals surface area contributed by atoms with E-state index in [1.807, 2.05) is 54.6 Å². The molecule has 0 heterocycles. The van der Waals surface area contributed by atoms with E-state index in [2.05, 4.69) is 0 Å². The first-order valence-corrected chi connectivity index (χ1v) is 8.92. The third-order valence-corrected chi connectivity index (χ3v) is 4.16. The summed E-state index contributed by atoms with van der Waals surface area (Å²) in [5, 5.41) is 0. The maximum absolute atomic E-state index is 12.6. The van der Waals surface area contributed by atoms with Gasteiger partial charge in [0, 0.05) is 6.04 Å². The van der Waals surface area contributed by atoms with E-state index in [0.717, 1.165) is 16.7 Å². The molecule has 5 heteroatoms. The fourth-order valence-electron chi connectivity index (χ4n) is 2.76. The van der Waals surface area contributed by atoms with Crippen LogP contribution in [0.4, 0.5) is 0 Å².